The van der Waals surface area contributed by atoms with Gasteiger partial charge in [-0.25, -0.2) is 4.79 Å². The fraction of sp³-hybridized carbons (Fsp3) is 0.625. The molecular weight excluding hydrogens is 144 g/mol. The van der Waals surface area contributed by atoms with Crippen molar-refractivity contribution in [2.24, 2.45) is 0 Å². The topological polar surface area (TPSA) is 46.5 Å². The molecule has 0 amide bonds. The molecule has 0 heterocycles. The van der Waals surface area contributed by atoms with Crippen molar-refractivity contribution < 1.29 is 14.6 Å². The molecule has 0 aromatic carbocycles. The van der Waals surface area contributed by atoms with Gasteiger partial charge in [0, 0.05) is 6.08 Å². The Labute approximate surface area is 66.7 Å². The zero-order valence-corrected chi connectivity index (χ0v) is 7.13. The normalized spacial score (nSPS) is 14.4. The second-order valence-electron chi connectivity index (χ2n) is 2.32. The van der Waals surface area contributed by atoms with E-state index in [1.54, 1.807) is 20.8 Å². The van der Waals surface area contributed by atoms with E-state index in [9.17, 15) is 4.79 Å². The maximum Gasteiger partial charge on any atom is 0.330 e. The molecule has 0 saturated carbocycles. The maximum absolute atomic E-state index is 10.7. The lowest BCUT2D eigenvalue weighted by molar-refractivity contribution is -0.137. The van der Waals surface area contributed by atoms with Crippen LogP contribution in [0.5, 0.6) is 0 Å². The average molecular weight is 158 g/mol. The second-order valence-corrected chi connectivity index (χ2v) is 2.32. The average Bonchev–Trinajstić information content (AvgIpc) is 1.87. The number of aliphatic hydroxyl groups excluding tert-OH is 1. The number of carbonyl (C=O) groups is 1. The van der Waals surface area contributed by atoms with E-state index in [4.69, 9.17) is 5.11 Å². The fourth-order valence-corrected chi connectivity index (χ4v) is 0.490. The van der Waals surface area contributed by atoms with Gasteiger partial charge < -0.3 is 9.84 Å². The summed E-state index contributed by atoms with van der Waals surface area (Å²) in [7, 11) is 0. The number of hydrogen-bond donors (Lipinski definition) is 1. The summed E-state index contributed by atoms with van der Waals surface area (Å²) in [5, 5.41) is 8.96. The van der Waals surface area contributed by atoms with Gasteiger partial charge >= 0.3 is 5.97 Å². The van der Waals surface area contributed by atoms with Crippen molar-refractivity contribution in [1.29, 1.82) is 0 Å². The van der Waals surface area contributed by atoms with Crippen LogP contribution in [0, 0.1) is 0 Å². The first kappa shape index (κ1) is 10.2. The van der Waals surface area contributed by atoms with Crippen LogP contribution in [0.15, 0.2) is 11.6 Å². The van der Waals surface area contributed by atoms with Crippen LogP contribution in [0.2, 0.25) is 0 Å². The molecule has 0 saturated heterocycles. The number of esters is 1. The van der Waals surface area contributed by atoms with Gasteiger partial charge in [-0.3, -0.25) is 0 Å². The summed E-state index contributed by atoms with van der Waals surface area (Å²) in [6, 6.07) is 0. The van der Waals surface area contributed by atoms with E-state index >= 15 is 0 Å². The van der Waals surface area contributed by atoms with E-state index in [0.717, 1.165) is 0 Å². The lowest BCUT2D eigenvalue weighted by atomic mass is 10.2. The third kappa shape index (κ3) is 4.56. The molecule has 11 heavy (non-hydrogen) atoms. The first-order valence-corrected chi connectivity index (χ1v) is 3.61. The van der Waals surface area contributed by atoms with E-state index in [1.165, 1.54) is 6.08 Å². The Balaban J connectivity index is 3.97. The minimum absolute atomic E-state index is 0.364. The maximum atomic E-state index is 10.7. The Morgan fingerprint density at radius 1 is 1.73 bits per heavy atom. The van der Waals surface area contributed by atoms with Gasteiger partial charge in [0.2, 0.25) is 0 Å². The molecule has 1 N–H and O–H groups in total. The molecule has 0 aromatic rings. The monoisotopic (exact) mass is 158 g/mol. The van der Waals surface area contributed by atoms with Gasteiger partial charge in [0.15, 0.2) is 0 Å². The molecule has 0 rings (SSSR count). The SMILES string of the molecule is CCOC(=O)/C=C(\C)[C@H](C)O. The minimum Gasteiger partial charge on any atom is -0.463 e. The van der Waals surface area contributed by atoms with E-state index in [1.807, 2.05) is 0 Å². The first-order valence-electron chi connectivity index (χ1n) is 3.61. The summed E-state index contributed by atoms with van der Waals surface area (Å²) in [5.74, 6) is -0.397. The number of aliphatic hydroxyl groups is 1. The molecule has 0 spiro atoms. The van der Waals surface area contributed by atoms with Gasteiger partial charge in [-0.1, -0.05) is 0 Å². The molecular formula is C8H14O3. The number of carbonyl (C=O) groups excluding carboxylic acids is 1. The van der Waals surface area contributed by atoms with Crippen LogP contribution >= 0.6 is 0 Å². The van der Waals surface area contributed by atoms with E-state index < -0.39 is 12.1 Å². The Bertz CT molecular complexity index is 159. The van der Waals surface area contributed by atoms with Crippen molar-refractivity contribution >= 4 is 5.97 Å². The lowest BCUT2D eigenvalue weighted by Gasteiger charge is -2.02. The van der Waals surface area contributed by atoms with Crippen molar-refractivity contribution in [2.75, 3.05) is 6.61 Å². The standard InChI is InChI=1S/C8H14O3/c1-4-11-8(10)5-6(2)7(3)9/h5,7,9H,4H2,1-3H3/b6-5+/t7-/m0/s1. The van der Waals surface area contributed by atoms with Crippen LogP contribution in [0.25, 0.3) is 0 Å². The van der Waals surface area contributed by atoms with Gasteiger partial charge in [0.05, 0.1) is 12.7 Å². The molecule has 3 heteroatoms. The highest BCUT2D eigenvalue weighted by Gasteiger charge is 2.01. The summed E-state index contributed by atoms with van der Waals surface area (Å²) in [5.41, 5.74) is 0.614. The second kappa shape index (κ2) is 4.91. The van der Waals surface area contributed by atoms with E-state index in [0.29, 0.717) is 12.2 Å². The molecule has 0 radical (unpaired) electrons. The quantitative estimate of drug-likeness (QED) is 0.490. The molecule has 0 fully saturated rings. The van der Waals surface area contributed by atoms with E-state index in [2.05, 4.69) is 4.74 Å². The van der Waals surface area contributed by atoms with Gasteiger partial charge in [-0.2, -0.15) is 0 Å². The Hall–Kier alpha value is -0.830. The molecule has 0 unspecified atom stereocenters. The molecule has 3 nitrogen and oxygen atoms in total. The van der Waals surface area contributed by atoms with Crippen LogP contribution in [-0.4, -0.2) is 23.8 Å². The van der Waals surface area contributed by atoms with Gasteiger partial charge in [-0.15, -0.1) is 0 Å². The van der Waals surface area contributed by atoms with Crippen molar-refractivity contribution in [3.8, 4) is 0 Å². The van der Waals surface area contributed by atoms with Crippen LogP contribution in [0.1, 0.15) is 20.8 Å². The smallest absolute Gasteiger partial charge is 0.330 e. The highest BCUT2D eigenvalue weighted by molar-refractivity contribution is 5.82. The first-order chi connectivity index (χ1) is 5.07. The third-order valence-corrected chi connectivity index (χ3v) is 1.29. The molecule has 64 valence electrons. The molecule has 0 aromatic heterocycles. The summed E-state index contributed by atoms with van der Waals surface area (Å²) in [6.45, 7) is 5.39. The number of hydrogen-bond acceptors (Lipinski definition) is 3. The molecule has 0 bridgehead atoms. The van der Waals surface area contributed by atoms with Crippen molar-refractivity contribution in [3.05, 3.63) is 11.6 Å². The predicted molar refractivity (Wildman–Crippen MR) is 42.1 cm³/mol. The fourth-order valence-electron chi connectivity index (χ4n) is 0.490. The molecule has 0 aliphatic heterocycles. The Morgan fingerprint density at radius 3 is 2.64 bits per heavy atom. The van der Waals surface area contributed by atoms with Crippen LogP contribution in [0.4, 0.5) is 0 Å². The minimum atomic E-state index is -0.584. The molecule has 0 aliphatic rings. The molecule has 1 atom stereocenters. The number of rotatable bonds is 3. The van der Waals surface area contributed by atoms with E-state index in [-0.39, 0.29) is 0 Å². The summed E-state index contributed by atoms with van der Waals surface area (Å²) >= 11 is 0. The zero-order chi connectivity index (χ0) is 8.85. The summed E-state index contributed by atoms with van der Waals surface area (Å²) in [6.07, 6.45) is 0.716. The summed E-state index contributed by atoms with van der Waals surface area (Å²) in [4.78, 5) is 10.7. The van der Waals surface area contributed by atoms with Crippen molar-refractivity contribution in [1.82, 2.24) is 0 Å². The number of ether oxygens (including phenoxy) is 1. The largest absolute Gasteiger partial charge is 0.463 e. The highest BCUT2D eigenvalue weighted by Crippen LogP contribution is 1.99. The van der Waals surface area contributed by atoms with Crippen LogP contribution < -0.4 is 0 Å². The summed E-state index contributed by atoms with van der Waals surface area (Å²) < 4.78 is 4.64. The van der Waals surface area contributed by atoms with Crippen LogP contribution in [0.3, 0.4) is 0 Å². The predicted octanol–water partition coefficient (Wildman–Crippen LogP) is 0.877. The van der Waals surface area contributed by atoms with Gasteiger partial charge in [-0.05, 0) is 26.3 Å². The van der Waals surface area contributed by atoms with Gasteiger partial charge in [0.25, 0.3) is 0 Å². The van der Waals surface area contributed by atoms with Crippen LogP contribution in [-0.2, 0) is 9.53 Å². The Kier molecular flexibility index (Phi) is 4.54. The lowest BCUT2D eigenvalue weighted by Crippen LogP contribution is -2.06. The van der Waals surface area contributed by atoms with Crippen molar-refractivity contribution in [3.63, 3.8) is 0 Å². The Morgan fingerprint density at radius 2 is 2.27 bits per heavy atom. The zero-order valence-electron chi connectivity index (χ0n) is 7.13. The highest BCUT2D eigenvalue weighted by atomic mass is 16.5. The van der Waals surface area contributed by atoms with Gasteiger partial charge in [0.1, 0.15) is 0 Å². The third-order valence-electron chi connectivity index (χ3n) is 1.29. The van der Waals surface area contributed by atoms with Crippen molar-refractivity contribution in [2.45, 2.75) is 26.9 Å². The molecule has 0 aliphatic carbocycles.